The lowest BCUT2D eigenvalue weighted by atomic mass is 9.78. The number of rotatable bonds is 7. The average Bonchev–Trinajstić information content (AvgIpc) is 3.25. The van der Waals surface area contributed by atoms with Gasteiger partial charge in [-0.15, -0.1) is 0 Å². The number of aromatic hydroxyl groups is 1. The lowest BCUT2D eigenvalue weighted by Gasteiger charge is -2.31. The third kappa shape index (κ3) is 3.80. The Labute approximate surface area is 203 Å². The number of benzene rings is 2. The van der Waals surface area contributed by atoms with Gasteiger partial charge in [-0.05, 0) is 64.8 Å². The van der Waals surface area contributed by atoms with Crippen LogP contribution in [-0.4, -0.2) is 50.4 Å². The Kier molecular flexibility index (Phi) is 6.51. The number of hydrogen-bond acceptors (Lipinski definition) is 6. The van der Waals surface area contributed by atoms with Gasteiger partial charge in [-0.3, -0.25) is 24.6 Å². The first-order valence-electron chi connectivity index (χ1n) is 10.2. The molecule has 168 valence electrons. The Bertz CT molecular complexity index is 1070. The highest BCUT2D eigenvalue weighted by Gasteiger charge is 2.68. The molecule has 0 aliphatic carbocycles. The summed E-state index contributed by atoms with van der Waals surface area (Å²) in [4.78, 5) is 40.9. The van der Waals surface area contributed by atoms with Gasteiger partial charge in [0, 0.05) is 15.2 Å². The first kappa shape index (κ1) is 23.1. The van der Waals surface area contributed by atoms with Crippen molar-refractivity contribution in [3.05, 3.63) is 63.2 Å². The van der Waals surface area contributed by atoms with E-state index in [0.717, 1.165) is 9.13 Å². The number of likely N-dealkylation sites (tertiary alicyclic amines) is 1. The quantitative estimate of drug-likeness (QED) is 0.350. The number of nitrogens with zero attached hydrogens (tertiary/aromatic N) is 1. The molecule has 7 nitrogen and oxygen atoms in total. The molecule has 2 saturated heterocycles. The number of amides is 2. The lowest BCUT2D eigenvalue weighted by molar-refractivity contribution is -0.151. The van der Waals surface area contributed by atoms with Crippen LogP contribution in [0.3, 0.4) is 0 Å². The van der Waals surface area contributed by atoms with Gasteiger partial charge in [0.05, 0.1) is 18.4 Å². The van der Waals surface area contributed by atoms with E-state index in [-0.39, 0.29) is 18.7 Å². The second-order valence-electron chi connectivity index (χ2n) is 8.10. The fourth-order valence-corrected chi connectivity index (χ4v) is 5.86. The molecule has 3 N–H and O–H groups in total. The van der Waals surface area contributed by atoms with Gasteiger partial charge in [0.15, 0.2) is 0 Å². The van der Waals surface area contributed by atoms with Crippen LogP contribution in [0.15, 0.2) is 48.5 Å². The van der Waals surface area contributed by atoms with Crippen LogP contribution < -0.4 is 5.32 Å². The molecule has 2 aromatic carbocycles. The molecule has 2 aliphatic rings. The summed E-state index contributed by atoms with van der Waals surface area (Å²) < 4.78 is 0.837. The lowest BCUT2D eigenvalue weighted by Crippen LogP contribution is -2.56. The largest absolute Gasteiger partial charge is 0.508 e. The highest BCUT2D eigenvalue weighted by atomic mass is 127. The number of phenols is 1. The molecule has 2 heterocycles. The average molecular weight is 566 g/mol. The Morgan fingerprint density at radius 2 is 1.91 bits per heavy atom. The number of carboxylic acid groups (broad SMARTS) is 1. The third-order valence-electron chi connectivity index (χ3n) is 6.34. The number of fused-ring (bicyclic) bond motifs is 1. The van der Waals surface area contributed by atoms with Crippen molar-refractivity contribution in [2.45, 2.75) is 24.5 Å². The summed E-state index contributed by atoms with van der Waals surface area (Å²) in [6.07, 6.45) is 2.05. The summed E-state index contributed by atoms with van der Waals surface area (Å²) in [7, 11) is 0. The molecule has 2 aromatic rings. The van der Waals surface area contributed by atoms with Crippen LogP contribution in [0.5, 0.6) is 5.75 Å². The van der Waals surface area contributed by atoms with Crippen LogP contribution in [0.2, 0.25) is 0 Å². The van der Waals surface area contributed by atoms with Crippen molar-refractivity contribution in [2.24, 2.45) is 11.8 Å². The van der Waals surface area contributed by atoms with Crippen LogP contribution in [0.4, 0.5) is 0 Å². The second-order valence-corrected chi connectivity index (χ2v) is 10.3. The van der Waals surface area contributed by atoms with Gasteiger partial charge in [-0.25, -0.2) is 0 Å². The van der Waals surface area contributed by atoms with E-state index in [0.29, 0.717) is 11.3 Å². The topological polar surface area (TPSA) is 107 Å². The number of carbonyl (C=O) groups is 3. The highest BCUT2D eigenvalue weighted by Crippen LogP contribution is 2.52. The Balaban J connectivity index is 1.81. The maximum atomic E-state index is 13.5. The summed E-state index contributed by atoms with van der Waals surface area (Å²) >= 11 is 3.58. The third-order valence-corrected chi connectivity index (χ3v) is 7.62. The van der Waals surface area contributed by atoms with Gasteiger partial charge in [-0.1, -0.05) is 30.3 Å². The number of imide groups is 1. The van der Waals surface area contributed by atoms with E-state index in [4.69, 9.17) is 0 Å². The molecule has 2 aliphatic heterocycles. The molecule has 4 rings (SSSR count). The fourth-order valence-electron chi connectivity index (χ4n) is 4.82. The highest BCUT2D eigenvalue weighted by molar-refractivity contribution is 14.1. The number of halogens is 1. The Hall–Kier alpha value is -2.11. The maximum absolute atomic E-state index is 13.5. The first-order chi connectivity index (χ1) is 15.3. The van der Waals surface area contributed by atoms with E-state index < -0.39 is 41.2 Å². The zero-order valence-corrected chi connectivity index (χ0v) is 20.3. The van der Waals surface area contributed by atoms with E-state index in [1.807, 2.05) is 36.6 Å². The van der Waals surface area contributed by atoms with E-state index in [9.17, 15) is 24.6 Å². The molecule has 2 amide bonds. The maximum Gasteiger partial charge on any atom is 0.324 e. The second kappa shape index (κ2) is 9.03. The van der Waals surface area contributed by atoms with Crippen molar-refractivity contribution < 1.29 is 24.6 Å². The van der Waals surface area contributed by atoms with Gasteiger partial charge >= 0.3 is 5.97 Å². The number of nitrogens with one attached hydrogen (secondary N) is 1. The van der Waals surface area contributed by atoms with Crippen molar-refractivity contribution in [1.29, 1.82) is 0 Å². The smallest absolute Gasteiger partial charge is 0.324 e. The fraction of sp³-hybridized carbons (Fsp3) is 0.348. The predicted molar refractivity (Wildman–Crippen MR) is 129 cm³/mol. The molecule has 4 atom stereocenters. The number of carboxylic acids is 1. The van der Waals surface area contributed by atoms with E-state index in [1.54, 1.807) is 12.1 Å². The summed E-state index contributed by atoms with van der Waals surface area (Å²) in [5, 5.41) is 24.0. The minimum absolute atomic E-state index is 0.0329. The van der Waals surface area contributed by atoms with E-state index >= 15 is 0 Å². The zero-order valence-electron chi connectivity index (χ0n) is 17.3. The van der Waals surface area contributed by atoms with Crippen LogP contribution in [-0.2, 0) is 20.9 Å². The Morgan fingerprint density at radius 1 is 1.19 bits per heavy atom. The molecule has 0 aromatic heterocycles. The van der Waals surface area contributed by atoms with Crippen molar-refractivity contribution in [1.82, 2.24) is 10.2 Å². The number of phenolic OH excluding ortho intramolecular Hbond substituents is 1. The number of hydrogen-bond donors (Lipinski definition) is 3. The number of aliphatic carboxylic acids is 1. The van der Waals surface area contributed by atoms with Gasteiger partial charge in [0.25, 0.3) is 0 Å². The molecule has 0 spiro atoms. The van der Waals surface area contributed by atoms with Crippen LogP contribution >= 0.6 is 34.4 Å². The molecule has 0 unspecified atom stereocenters. The number of thioether (sulfide) groups is 1. The molecular formula is C23H23IN2O5S. The Morgan fingerprint density at radius 3 is 2.56 bits per heavy atom. The van der Waals surface area contributed by atoms with Crippen molar-refractivity contribution in [3.8, 4) is 5.75 Å². The monoisotopic (exact) mass is 566 g/mol. The molecule has 0 saturated carbocycles. The minimum Gasteiger partial charge on any atom is -0.508 e. The summed E-state index contributed by atoms with van der Waals surface area (Å²) in [6, 6.07) is 13.4. The number of carbonyl (C=O) groups excluding carboxylic acids is 2. The molecule has 32 heavy (non-hydrogen) atoms. The molecule has 2 fully saturated rings. The van der Waals surface area contributed by atoms with Crippen molar-refractivity contribution >= 4 is 52.1 Å². The van der Waals surface area contributed by atoms with Gasteiger partial charge < -0.3 is 10.2 Å². The summed E-state index contributed by atoms with van der Waals surface area (Å²) in [5.41, 5.74) is -0.368. The predicted octanol–water partition coefficient (Wildman–Crippen LogP) is 3.02. The summed E-state index contributed by atoms with van der Waals surface area (Å²) in [5.74, 6) is -3.53. The van der Waals surface area contributed by atoms with Crippen LogP contribution in [0.25, 0.3) is 0 Å². The molecule has 0 radical (unpaired) electrons. The van der Waals surface area contributed by atoms with Gasteiger partial charge in [0.2, 0.25) is 11.8 Å². The minimum atomic E-state index is -1.59. The molecular weight excluding hydrogens is 543 g/mol. The molecule has 0 bridgehead atoms. The summed E-state index contributed by atoms with van der Waals surface area (Å²) in [6.45, 7) is 0.0920. The zero-order chi connectivity index (χ0) is 23.0. The normalized spacial score (nSPS) is 27.1. The van der Waals surface area contributed by atoms with Gasteiger partial charge in [0.1, 0.15) is 11.3 Å². The van der Waals surface area contributed by atoms with Crippen LogP contribution in [0.1, 0.15) is 23.6 Å². The van der Waals surface area contributed by atoms with Crippen molar-refractivity contribution in [3.63, 3.8) is 0 Å². The standard InChI is InChI=1S/C23H23IN2O5S/c1-32-10-9-23(22(30)31)18-17(19(25-23)15-11-14(24)7-8-16(15)27)20(28)26(21(18)29)12-13-5-3-2-4-6-13/h2-8,11,17-19,25,27H,9-10,12H2,1H3,(H,30,31)/t17-,18-,19+,23-/m0/s1. The SMILES string of the molecule is CSCC[C@]1(C(=O)O)N[C@H](c2cc(I)ccc2O)[C@H]2C(=O)N(Cc3ccccc3)C(=O)[C@H]21. The van der Waals surface area contributed by atoms with Crippen LogP contribution in [0, 0.1) is 15.4 Å². The van der Waals surface area contributed by atoms with Crippen molar-refractivity contribution in [2.75, 3.05) is 12.0 Å². The van der Waals surface area contributed by atoms with E-state index in [2.05, 4.69) is 27.9 Å². The first-order valence-corrected chi connectivity index (χ1v) is 12.6. The van der Waals surface area contributed by atoms with Gasteiger partial charge in [-0.2, -0.15) is 11.8 Å². The molecule has 9 heteroatoms. The van der Waals surface area contributed by atoms with E-state index in [1.165, 1.54) is 22.7 Å².